The summed E-state index contributed by atoms with van der Waals surface area (Å²) < 4.78 is 17.3. The zero-order valence-corrected chi connectivity index (χ0v) is 21.8. The van der Waals surface area contributed by atoms with Crippen LogP contribution in [0.4, 0.5) is 5.69 Å². The van der Waals surface area contributed by atoms with Crippen molar-refractivity contribution < 1.29 is 28.4 Å². The molecule has 9 nitrogen and oxygen atoms in total. The molecule has 1 aliphatic carbocycles. The normalized spacial score (nSPS) is 15.4. The van der Waals surface area contributed by atoms with Crippen molar-refractivity contribution in [3.8, 4) is 11.3 Å². The molecule has 0 N–H and O–H groups in total. The molecule has 9 heteroatoms. The van der Waals surface area contributed by atoms with Gasteiger partial charge in [-0.2, -0.15) is 0 Å². The lowest BCUT2D eigenvalue weighted by Gasteiger charge is -2.23. The van der Waals surface area contributed by atoms with Gasteiger partial charge in [0.05, 0.1) is 16.5 Å². The van der Waals surface area contributed by atoms with Crippen molar-refractivity contribution in [3.63, 3.8) is 0 Å². The number of rotatable bonds is 5. The fourth-order valence-corrected chi connectivity index (χ4v) is 3.88. The summed E-state index contributed by atoms with van der Waals surface area (Å²) in [7, 11) is 0. The number of non-ortho nitro benzene ring substituents is 1. The maximum atomic E-state index is 13.4. The molecule has 0 spiro atoms. The molecule has 0 radical (unpaired) electrons. The van der Waals surface area contributed by atoms with Gasteiger partial charge >= 0.3 is 11.9 Å². The molecule has 1 aromatic heterocycles. The third-order valence-corrected chi connectivity index (χ3v) is 5.42. The fourth-order valence-electron chi connectivity index (χ4n) is 3.88. The zero-order valence-electron chi connectivity index (χ0n) is 21.8. The first kappa shape index (κ1) is 27.1. The summed E-state index contributed by atoms with van der Waals surface area (Å²) in [5.74, 6) is -1.23. The second kappa shape index (κ2) is 10.6. The maximum absolute atomic E-state index is 13.4. The Morgan fingerprint density at radius 1 is 0.944 bits per heavy atom. The Balaban J connectivity index is 2.27. The third-order valence-electron chi connectivity index (χ3n) is 5.42. The molecule has 3 rings (SSSR count). The molecule has 1 aliphatic rings. The fraction of sp³-hybridized carbons (Fsp3) is 0.519. The highest BCUT2D eigenvalue weighted by Crippen LogP contribution is 2.27. The van der Waals surface area contributed by atoms with E-state index in [9.17, 15) is 19.7 Å². The Hall–Kier alpha value is -3.49. The van der Waals surface area contributed by atoms with Crippen molar-refractivity contribution in [2.45, 2.75) is 90.9 Å². The van der Waals surface area contributed by atoms with Crippen LogP contribution in [0, 0.1) is 10.1 Å². The summed E-state index contributed by atoms with van der Waals surface area (Å²) in [4.78, 5) is 42.0. The molecule has 0 saturated heterocycles. The van der Waals surface area contributed by atoms with Gasteiger partial charge in [0.25, 0.3) is 5.69 Å². The average molecular weight is 499 g/mol. The average Bonchev–Trinajstić information content (AvgIpc) is 2.77. The summed E-state index contributed by atoms with van der Waals surface area (Å²) in [5, 5.41) is 11.1. The van der Waals surface area contributed by atoms with Gasteiger partial charge in [0.1, 0.15) is 22.5 Å². The van der Waals surface area contributed by atoms with Crippen molar-refractivity contribution in [2.75, 3.05) is 0 Å². The summed E-state index contributed by atoms with van der Waals surface area (Å²) in [6.45, 7) is 10.4. The van der Waals surface area contributed by atoms with E-state index in [1.165, 1.54) is 30.3 Å². The lowest BCUT2D eigenvalue weighted by atomic mass is 9.96. The SMILES string of the molecule is CC(C)(C)OC(=O)c1cc(-c2ccc([N+](=O)[O-])cc2)oc(=NC2CCCCC2)c1C(=O)OC(C)(C)C. The van der Waals surface area contributed by atoms with Gasteiger partial charge < -0.3 is 13.9 Å². The van der Waals surface area contributed by atoms with E-state index in [0.717, 1.165) is 32.1 Å². The number of hydrogen-bond donors (Lipinski definition) is 0. The quantitative estimate of drug-likeness (QED) is 0.281. The predicted molar refractivity (Wildman–Crippen MR) is 134 cm³/mol. The van der Waals surface area contributed by atoms with Crippen molar-refractivity contribution in [2.24, 2.45) is 4.99 Å². The van der Waals surface area contributed by atoms with Gasteiger partial charge in [-0.15, -0.1) is 0 Å². The third kappa shape index (κ3) is 7.26. The van der Waals surface area contributed by atoms with Crippen LogP contribution in [0.5, 0.6) is 0 Å². The van der Waals surface area contributed by atoms with E-state index in [0.29, 0.717) is 5.56 Å². The minimum Gasteiger partial charge on any atom is -0.456 e. The number of carbonyl (C=O) groups excluding carboxylic acids is 2. The topological polar surface area (TPSA) is 121 Å². The largest absolute Gasteiger partial charge is 0.456 e. The molecular formula is C27H34N2O7. The molecule has 1 aromatic carbocycles. The van der Waals surface area contributed by atoms with Crippen LogP contribution < -0.4 is 5.55 Å². The van der Waals surface area contributed by atoms with Gasteiger partial charge in [0.15, 0.2) is 0 Å². The van der Waals surface area contributed by atoms with E-state index >= 15 is 0 Å². The minimum atomic E-state index is -0.818. The number of nitro benzene ring substituents is 1. The van der Waals surface area contributed by atoms with Gasteiger partial charge in [-0.05, 0) is 72.6 Å². The van der Waals surface area contributed by atoms with E-state index < -0.39 is 28.1 Å². The van der Waals surface area contributed by atoms with E-state index in [-0.39, 0.29) is 34.2 Å². The number of esters is 2. The van der Waals surface area contributed by atoms with Crippen LogP contribution in [0.1, 0.15) is 94.4 Å². The highest BCUT2D eigenvalue weighted by molar-refractivity contribution is 6.03. The molecule has 1 saturated carbocycles. The van der Waals surface area contributed by atoms with E-state index in [1.54, 1.807) is 41.5 Å². The smallest absolute Gasteiger partial charge is 0.345 e. The van der Waals surface area contributed by atoms with Crippen LogP contribution in [-0.2, 0) is 9.47 Å². The molecule has 2 aromatic rings. The molecule has 194 valence electrons. The van der Waals surface area contributed by atoms with Crippen molar-refractivity contribution in [1.82, 2.24) is 0 Å². The minimum absolute atomic E-state index is 0.00661. The van der Waals surface area contributed by atoms with E-state index in [1.807, 2.05) is 0 Å². The van der Waals surface area contributed by atoms with Crippen LogP contribution in [0.2, 0.25) is 0 Å². The second-order valence-electron chi connectivity index (χ2n) is 10.9. The number of nitrogens with zero attached hydrogens (tertiary/aromatic N) is 2. The molecule has 0 amide bonds. The molecule has 0 bridgehead atoms. The van der Waals surface area contributed by atoms with Crippen molar-refractivity contribution >= 4 is 17.6 Å². The second-order valence-corrected chi connectivity index (χ2v) is 10.9. The van der Waals surface area contributed by atoms with Gasteiger partial charge in [-0.1, -0.05) is 19.3 Å². The number of nitro groups is 1. The van der Waals surface area contributed by atoms with Gasteiger partial charge in [0.2, 0.25) is 5.55 Å². The number of carbonyl (C=O) groups is 2. The van der Waals surface area contributed by atoms with Crippen LogP contribution in [-0.4, -0.2) is 34.1 Å². The predicted octanol–water partition coefficient (Wildman–Crippen LogP) is 6.00. The Morgan fingerprint density at radius 2 is 1.50 bits per heavy atom. The highest BCUT2D eigenvalue weighted by Gasteiger charge is 2.31. The molecule has 1 heterocycles. The first-order valence-corrected chi connectivity index (χ1v) is 12.2. The summed E-state index contributed by atoms with van der Waals surface area (Å²) in [6.07, 6.45) is 4.82. The molecule has 0 aliphatic heterocycles. The monoisotopic (exact) mass is 498 g/mol. The summed E-state index contributed by atoms with van der Waals surface area (Å²) >= 11 is 0. The maximum Gasteiger partial charge on any atom is 0.345 e. The highest BCUT2D eigenvalue weighted by atomic mass is 16.6. The van der Waals surface area contributed by atoms with Crippen LogP contribution in [0.3, 0.4) is 0 Å². The molecule has 1 fully saturated rings. The summed E-state index contributed by atoms with van der Waals surface area (Å²) in [6, 6.07) is 7.08. The number of hydrogen-bond acceptors (Lipinski definition) is 8. The van der Waals surface area contributed by atoms with Crippen LogP contribution in [0.15, 0.2) is 39.7 Å². The molecular weight excluding hydrogens is 464 g/mol. The molecule has 0 atom stereocenters. The van der Waals surface area contributed by atoms with Crippen LogP contribution >= 0.6 is 0 Å². The Kier molecular flexibility index (Phi) is 8.01. The lowest BCUT2D eigenvalue weighted by molar-refractivity contribution is -0.384. The van der Waals surface area contributed by atoms with Crippen LogP contribution in [0.25, 0.3) is 11.3 Å². The Labute approximate surface area is 210 Å². The summed E-state index contributed by atoms with van der Waals surface area (Å²) in [5.41, 5.74) is -1.35. The zero-order chi connectivity index (χ0) is 26.7. The van der Waals surface area contributed by atoms with Crippen molar-refractivity contribution in [3.05, 3.63) is 57.1 Å². The first-order chi connectivity index (χ1) is 16.7. The Morgan fingerprint density at radius 3 is 2.03 bits per heavy atom. The van der Waals surface area contributed by atoms with Gasteiger partial charge in [-0.25, -0.2) is 14.6 Å². The van der Waals surface area contributed by atoms with E-state index in [2.05, 4.69) is 0 Å². The van der Waals surface area contributed by atoms with Crippen molar-refractivity contribution in [1.29, 1.82) is 0 Å². The first-order valence-electron chi connectivity index (χ1n) is 12.2. The number of ether oxygens (including phenoxy) is 2. The molecule has 0 unspecified atom stereocenters. The van der Waals surface area contributed by atoms with E-state index in [4.69, 9.17) is 18.9 Å². The Bertz CT molecular complexity index is 1190. The molecule has 36 heavy (non-hydrogen) atoms. The standard InChI is InChI=1S/C27H34N2O7/c1-26(2,3)35-24(30)20-16-21(17-12-14-19(15-13-17)29(32)33)34-23(28-18-10-8-7-9-11-18)22(20)25(31)36-27(4,5)6/h12-16,18H,7-11H2,1-6H3. The van der Waals surface area contributed by atoms with Gasteiger partial charge in [0, 0.05) is 17.7 Å². The number of benzene rings is 1. The van der Waals surface area contributed by atoms with Gasteiger partial charge in [-0.3, -0.25) is 10.1 Å². The lowest BCUT2D eigenvalue weighted by Crippen LogP contribution is -2.32.